The van der Waals surface area contributed by atoms with Gasteiger partial charge in [0.2, 0.25) is 0 Å². The fourth-order valence-electron chi connectivity index (χ4n) is 3.35. The van der Waals surface area contributed by atoms with Gasteiger partial charge in [0.05, 0.1) is 12.0 Å². The number of nitrogens with zero attached hydrogens (tertiary/aromatic N) is 1. The summed E-state index contributed by atoms with van der Waals surface area (Å²) in [5.74, 6) is -0.239. The van der Waals surface area contributed by atoms with E-state index in [0.717, 1.165) is 12.0 Å². The van der Waals surface area contributed by atoms with Crippen molar-refractivity contribution in [2.45, 2.75) is 46.1 Å². The third-order valence-corrected chi connectivity index (χ3v) is 4.65. The molecule has 0 saturated carbocycles. The molecule has 1 aromatic rings. The topological polar surface area (TPSA) is 58.6 Å². The molecular formula is C19H27ClN2O3. The maximum Gasteiger partial charge on any atom is 0.317 e. The van der Waals surface area contributed by atoms with E-state index in [9.17, 15) is 9.59 Å². The van der Waals surface area contributed by atoms with Crippen LogP contribution in [0.2, 0.25) is 5.02 Å². The van der Waals surface area contributed by atoms with E-state index in [2.05, 4.69) is 5.32 Å². The van der Waals surface area contributed by atoms with Gasteiger partial charge in [0.1, 0.15) is 0 Å². The molecule has 1 atom stereocenters. The maximum absolute atomic E-state index is 12.8. The molecule has 0 bridgehead atoms. The summed E-state index contributed by atoms with van der Waals surface area (Å²) < 4.78 is 5.37. The van der Waals surface area contributed by atoms with Crippen LogP contribution in [0, 0.1) is 5.41 Å². The first-order chi connectivity index (χ1) is 11.9. The summed E-state index contributed by atoms with van der Waals surface area (Å²) in [7, 11) is 0. The lowest BCUT2D eigenvalue weighted by Crippen LogP contribution is -2.54. The van der Waals surface area contributed by atoms with Crippen LogP contribution >= 0.6 is 11.6 Å². The fraction of sp³-hybridized carbons (Fsp3) is 0.579. The summed E-state index contributed by atoms with van der Waals surface area (Å²) in [6.45, 7) is 6.98. The Morgan fingerprint density at radius 2 is 2.16 bits per heavy atom. The Morgan fingerprint density at radius 3 is 2.80 bits per heavy atom. The van der Waals surface area contributed by atoms with Crippen molar-refractivity contribution in [2.75, 3.05) is 19.7 Å². The largest absolute Gasteiger partial charge is 0.466 e. The van der Waals surface area contributed by atoms with Gasteiger partial charge in [-0.3, -0.25) is 4.79 Å². The van der Waals surface area contributed by atoms with Crippen molar-refractivity contribution in [1.82, 2.24) is 10.2 Å². The van der Waals surface area contributed by atoms with Gasteiger partial charge in [-0.1, -0.05) is 23.7 Å². The molecule has 2 rings (SSSR count). The molecule has 25 heavy (non-hydrogen) atoms. The molecule has 0 aromatic heterocycles. The average Bonchev–Trinajstić information content (AvgIpc) is 2.54. The normalized spacial score (nSPS) is 20.4. The number of hydrogen-bond donors (Lipinski definition) is 1. The Bertz CT molecular complexity index is 620. The number of urea groups is 1. The average molecular weight is 367 g/mol. The number of benzene rings is 1. The van der Waals surface area contributed by atoms with E-state index in [-0.39, 0.29) is 18.0 Å². The number of esters is 1. The molecule has 1 N–H and O–H groups in total. The standard InChI is InChI=1S/C19H27ClN2O3/c1-4-25-17(23)19(12-15-7-5-8-16(20)11-15)9-6-10-22(13-19)18(24)21-14(2)3/h5,7-8,11,14H,4,6,9-10,12-13H2,1-3H3,(H,21,24)/t19-/m1/s1. The molecule has 1 aliphatic heterocycles. The quantitative estimate of drug-likeness (QED) is 0.809. The molecule has 1 heterocycles. The molecule has 2 amide bonds. The minimum Gasteiger partial charge on any atom is -0.466 e. The molecule has 0 spiro atoms. The summed E-state index contributed by atoms with van der Waals surface area (Å²) in [5, 5.41) is 3.55. The van der Waals surface area contributed by atoms with Gasteiger partial charge in [-0.25, -0.2) is 4.79 Å². The van der Waals surface area contributed by atoms with Crippen LogP contribution in [0.4, 0.5) is 4.79 Å². The molecule has 138 valence electrons. The molecule has 0 aliphatic carbocycles. The van der Waals surface area contributed by atoms with Crippen LogP contribution in [-0.4, -0.2) is 42.6 Å². The Kier molecular flexibility index (Phi) is 6.71. The van der Waals surface area contributed by atoms with E-state index < -0.39 is 5.41 Å². The zero-order valence-electron chi connectivity index (χ0n) is 15.2. The van der Waals surface area contributed by atoms with Crippen LogP contribution < -0.4 is 5.32 Å². The predicted octanol–water partition coefficient (Wildman–Crippen LogP) is 3.65. The van der Waals surface area contributed by atoms with Crippen molar-refractivity contribution in [2.24, 2.45) is 5.41 Å². The van der Waals surface area contributed by atoms with Gasteiger partial charge in [-0.05, 0) is 57.7 Å². The van der Waals surface area contributed by atoms with Gasteiger partial charge >= 0.3 is 12.0 Å². The molecule has 5 nitrogen and oxygen atoms in total. The van der Waals surface area contributed by atoms with E-state index in [1.165, 1.54) is 0 Å². The van der Waals surface area contributed by atoms with Gasteiger partial charge in [-0.2, -0.15) is 0 Å². The molecule has 1 aliphatic rings. The van der Waals surface area contributed by atoms with Crippen LogP contribution in [0.1, 0.15) is 39.2 Å². The highest BCUT2D eigenvalue weighted by Crippen LogP contribution is 2.36. The summed E-state index contributed by atoms with van der Waals surface area (Å²) in [5.41, 5.74) is 0.249. The van der Waals surface area contributed by atoms with Crippen LogP contribution in [0.15, 0.2) is 24.3 Å². The molecular weight excluding hydrogens is 340 g/mol. The third kappa shape index (κ3) is 5.11. The van der Waals surface area contributed by atoms with E-state index in [1.54, 1.807) is 11.8 Å². The highest BCUT2D eigenvalue weighted by atomic mass is 35.5. The van der Waals surface area contributed by atoms with Crippen molar-refractivity contribution in [3.8, 4) is 0 Å². The van der Waals surface area contributed by atoms with Crippen molar-refractivity contribution >= 4 is 23.6 Å². The first-order valence-corrected chi connectivity index (χ1v) is 9.21. The Labute approximate surface area is 154 Å². The summed E-state index contributed by atoms with van der Waals surface area (Å²) in [6.07, 6.45) is 1.98. The Hall–Kier alpha value is -1.75. The predicted molar refractivity (Wildman–Crippen MR) is 98.7 cm³/mol. The van der Waals surface area contributed by atoms with Crippen LogP contribution in [0.3, 0.4) is 0 Å². The van der Waals surface area contributed by atoms with E-state index >= 15 is 0 Å². The molecule has 1 saturated heterocycles. The van der Waals surface area contributed by atoms with Crippen LogP contribution in [0.5, 0.6) is 0 Å². The summed E-state index contributed by atoms with van der Waals surface area (Å²) >= 11 is 6.09. The summed E-state index contributed by atoms with van der Waals surface area (Å²) in [4.78, 5) is 26.9. The number of amides is 2. The van der Waals surface area contributed by atoms with E-state index in [0.29, 0.717) is 37.6 Å². The number of hydrogen-bond acceptors (Lipinski definition) is 3. The number of carbonyl (C=O) groups is 2. The second-order valence-electron chi connectivity index (χ2n) is 6.94. The second kappa shape index (κ2) is 8.56. The zero-order valence-corrected chi connectivity index (χ0v) is 15.9. The number of halogens is 1. The van der Waals surface area contributed by atoms with E-state index in [4.69, 9.17) is 16.3 Å². The van der Waals surface area contributed by atoms with Gasteiger partial charge in [0, 0.05) is 24.2 Å². The van der Waals surface area contributed by atoms with Gasteiger partial charge in [-0.15, -0.1) is 0 Å². The van der Waals surface area contributed by atoms with Crippen LogP contribution in [-0.2, 0) is 16.0 Å². The first kappa shape index (κ1) is 19.6. The van der Waals surface area contributed by atoms with Gasteiger partial charge in [0.15, 0.2) is 0 Å². The van der Waals surface area contributed by atoms with Gasteiger partial charge < -0.3 is 15.0 Å². The number of piperidine rings is 1. The number of carbonyl (C=O) groups excluding carboxylic acids is 2. The first-order valence-electron chi connectivity index (χ1n) is 8.83. The highest BCUT2D eigenvalue weighted by molar-refractivity contribution is 6.30. The highest BCUT2D eigenvalue weighted by Gasteiger charge is 2.44. The van der Waals surface area contributed by atoms with Crippen LogP contribution in [0.25, 0.3) is 0 Å². The Morgan fingerprint density at radius 1 is 1.40 bits per heavy atom. The summed E-state index contributed by atoms with van der Waals surface area (Å²) in [6, 6.07) is 7.44. The van der Waals surface area contributed by atoms with E-state index in [1.807, 2.05) is 38.1 Å². The van der Waals surface area contributed by atoms with Crippen molar-refractivity contribution in [1.29, 1.82) is 0 Å². The van der Waals surface area contributed by atoms with Gasteiger partial charge in [0.25, 0.3) is 0 Å². The molecule has 0 radical (unpaired) electrons. The second-order valence-corrected chi connectivity index (χ2v) is 7.37. The lowest BCUT2D eigenvalue weighted by Gasteiger charge is -2.41. The third-order valence-electron chi connectivity index (χ3n) is 4.42. The molecule has 6 heteroatoms. The number of nitrogens with one attached hydrogen (secondary N) is 1. The van der Waals surface area contributed by atoms with Crippen molar-refractivity contribution in [3.05, 3.63) is 34.9 Å². The Balaban J connectivity index is 2.25. The number of rotatable bonds is 5. The maximum atomic E-state index is 12.8. The smallest absolute Gasteiger partial charge is 0.317 e. The number of ether oxygens (including phenoxy) is 1. The lowest BCUT2D eigenvalue weighted by molar-refractivity contribution is -0.158. The minimum absolute atomic E-state index is 0.0550. The lowest BCUT2D eigenvalue weighted by atomic mass is 9.75. The monoisotopic (exact) mass is 366 g/mol. The molecule has 1 fully saturated rings. The minimum atomic E-state index is -0.729. The SMILES string of the molecule is CCOC(=O)[C@@]1(Cc2cccc(Cl)c2)CCCN(C(=O)NC(C)C)C1. The van der Waals surface area contributed by atoms with Crippen molar-refractivity contribution < 1.29 is 14.3 Å². The zero-order chi connectivity index (χ0) is 18.4. The molecule has 0 unspecified atom stereocenters. The fourth-order valence-corrected chi connectivity index (χ4v) is 3.56. The molecule has 1 aromatic carbocycles. The van der Waals surface area contributed by atoms with Crippen molar-refractivity contribution in [3.63, 3.8) is 0 Å². The number of likely N-dealkylation sites (tertiary alicyclic amines) is 1.